The van der Waals surface area contributed by atoms with Gasteiger partial charge in [-0.25, -0.2) is 4.79 Å². The molecule has 0 aromatic heterocycles. The molecule has 2 N–H and O–H groups in total. The largest absolute Gasteiger partial charge is 0.478 e. The van der Waals surface area contributed by atoms with Gasteiger partial charge in [0.25, 0.3) is 0 Å². The SMILES string of the molecule is CCCN1CCC[C@H]1C(=O)Nc1cccc(C(=O)O)c1. The molecule has 1 aromatic carbocycles. The number of nitrogens with zero attached hydrogens (tertiary/aromatic N) is 1. The summed E-state index contributed by atoms with van der Waals surface area (Å²) in [7, 11) is 0. The quantitative estimate of drug-likeness (QED) is 0.865. The van der Waals surface area contributed by atoms with Gasteiger partial charge in [0.2, 0.25) is 5.91 Å². The number of carbonyl (C=O) groups excluding carboxylic acids is 1. The molecule has 1 saturated heterocycles. The number of likely N-dealkylation sites (tertiary alicyclic amines) is 1. The summed E-state index contributed by atoms with van der Waals surface area (Å²) in [4.78, 5) is 25.4. The monoisotopic (exact) mass is 276 g/mol. The summed E-state index contributed by atoms with van der Waals surface area (Å²) in [6, 6.07) is 6.25. The first-order valence-corrected chi connectivity index (χ1v) is 7.00. The number of nitrogens with one attached hydrogen (secondary N) is 1. The maximum absolute atomic E-state index is 12.3. The predicted molar refractivity (Wildman–Crippen MR) is 76.9 cm³/mol. The van der Waals surface area contributed by atoms with Gasteiger partial charge >= 0.3 is 5.97 Å². The number of hydrogen-bond donors (Lipinski definition) is 2. The van der Waals surface area contributed by atoms with Crippen LogP contribution in [-0.2, 0) is 4.79 Å². The maximum Gasteiger partial charge on any atom is 0.335 e. The number of anilines is 1. The van der Waals surface area contributed by atoms with Crippen molar-refractivity contribution in [3.63, 3.8) is 0 Å². The van der Waals surface area contributed by atoms with Crippen LogP contribution in [0, 0.1) is 0 Å². The Morgan fingerprint density at radius 3 is 2.95 bits per heavy atom. The van der Waals surface area contributed by atoms with Crippen LogP contribution >= 0.6 is 0 Å². The van der Waals surface area contributed by atoms with Crippen molar-refractivity contribution in [1.82, 2.24) is 4.90 Å². The first kappa shape index (κ1) is 14.5. The topological polar surface area (TPSA) is 69.6 Å². The van der Waals surface area contributed by atoms with Crippen LogP contribution < -0.4 is 5.32 Å². The van der Waals surface area contributed by atoms with Gasteiger partial charge in [-0.1, -0.05) is 13.0 Å². The lowest BCUT2D eigenvalue weighted by Gasteiger charge is -2.23. The van der Waals surface area contributed by atoms with Crippen molar-refractivity contribution in [2.75, 3.05) is 18.4 Å². The molecule has 108 valence electrons. The molecule has 5 nitrogen and oxygen atoms in total. The van der Waals surface area contributed by atoms with Gasteiger partial charge in [0.1, 0.15) is 0 Å². The summed E-state index contributed by atoms with van der Waals surface area (Å²) in [5.41, 5.74) is 0.720. The van der Waals surface area contributed by atoms with Crippen LogP contribution in [0.3, 0.4) is 0 Å². The Labute approximate surface area is 118 Å². The number of rotatable bonds is 5. The van der Waals surface area contributed by atoms with Crippen molar-refractivity contribution in [1.29, 1.82) is 0 Å². The molecule has 2 rings (SSSR count). The smallest absolute Gasteiger partial charge is 0.335 e. The Morgan fingerprint density at radius 1 is 1.45 bits per heavy atom. The standard InChI is InChI=1S/C15H20N2O3/c1-2-8-17-9-4-7-13(17)14(18)16-12-6-3-5-11(10-12)15(19)20/h3,5-6,10,13H,2,4,7-9H2,1H3,(H,16,18)(H,19,20)/t13-/m0/s1. The lowest BCUT2D eigenvalue weighted by molar-refractivity contribution is -0.120. The minimum absolute atomic E-state index is 0.0431. The fourth-order valence-corrected chi connectivity index (χ4v) is 2.63. The van der Waals surface area contributed by atoms with E-state index in [1.807, 2.05) is 0 Å². The molecule has 1 amide bonds. The molecule has 0 radical (unpaired) electrons. The fourth-order valence-electron chi connectivity index (χ4n) is 2.63. The normalized spacial score (nSPS) is 18.9. The van der Waals surface area contributed by atoms with E-state index < -0.39 is 5.97 Å². The molecule has 0 unspecified atom stereocenters. The second-order valence-corrected chi connectivity index (χ2v) is 5.07. The highest BCUT2D eigenvalue weighted by atomic mass is 16.4. The molecule has 1 heterocycles. The lowest BCUT2D eigenvalue weighted by Crippen LogP contribution is -2.39. The molecule has 0 saturated carbocycles. The third-order valence-corrected chi connectivity index (χ3v) is 3.55. The van der Waals surface area contributed by atoms with E-state index in [1.165, 1.54) is 12.1 Å². The molecular formula is C15H20N2O3. The van der Waals surface area contributed by atoms with Gasteiger partial charge in [0, 0.05) is 5.69 Å². The van der Waals surface area contributed by atoms with E-state index in [-0.39, 0.29) is 17.5 Å². The fraction of sp³-hybridized carbons (Fsp3) is 0.467. The number of carboxylic acids is 1. The third kappa shape index (κ3) is 3.36. The average Bonchev–Trinajstić information content (AvgIpc) is 2.88. The minimum Gasteiger partial charge on any atom is -0.478 e. The van der Waals surface area contributed by atoms with Crippen molar-refractivity contribution in [3.05, 3.63) is 29.8 Å². The average molecular weight is 276 g/mol. The van der Waals surface area contributed by atoms with Gasteiger partial charge in [-0.2, -0.15) is 0 Å². The Bertz CT molecular complexity index is 502. The van der Waals surface area contributed by atoms with E-state index >= 15 is 0 Å². The second-order valence-electron chi connectivity index (χ2n) is 5.07. The molecule has 1 atom stereocenters. The van der Waals surface area contributed by atoms with E-state index in [1.54, 1.807) is 12.1 Å². The summed E-state index contributed by atoms with van der Waals surface area (Å²) < 4.78 is 0. The van der Waals surface area contributed by atoms with Crippen molar-refractivity contribution in [2.45, 2.75) is 32.2 Å². The van der Waals surface area contributed by atoms with Crippen LogP contribution in [0.1, 0.15) is 36.5 Å². The Morgan fingerprint density at radius 2 is 2.25 bits per heavy atom. The third-order valence-electron chi connectivity index (χ3n) is 3.55. The van der Waals surface area contributed by atoms with Gasteiger partial charge in [0.15, 0.2) is 0 Å². The molecule has 20 heavy (non-hydrogen) atoms. The predicted octanol–water partition coefficient (Wildman–Crippen LogP) is 2.20. The zero-order valence-corrected chi connectivity index (χ0v) is 11.6. The molecule has 0 bridgehead atoms. The number of amides is 1. The highest BCUT2D eigenvalue weighted by Gasteiger charge is 2.29. The van der Waals surface area contributed by atoms with Crippen molar-refractivity contribution >= 4 is 17.6 Å². The highest BCUT2D eigenvalue weighted by Crippen LogP contribution is 2.19. The summed E-state index contributed by atoms with van der Waals surface area (Å²) in [6.07, 6.45) is 2.93. The summed E-state index contributed by atoms with van der Waals surface area (Å²) in [5.74, 6) is -1.03. The first-order chi connectivity index (χ1) is 9.61. The lowest BCUT2D eigenvalue weighted by atomic mass is 10.1. The molecule has 1 aromatic rings. The van der Waals surface area contributed by atoms with Crippen molar-refractivity contribution in [3.8, 4) is 0 Å². The second kappa shape index (κ2) is 6.52. The molecule has 0 aliphatic carbocycles. The zero-order valence-electron chi connectivity index (χ0n) is 11.6. The molecule has 1 aliphatic rings. The Kier molecular flexibility index (Phi) is 4.74. The van der Waals surface area contributed by atoms with Gasteiger partial charge < -0.3 is 10.4 Å². The van der Waals surface area contributed by atoms with E-state index in [2.05, 4.69) is 17.1 Å². The molecule has 0 spiro atoms. The van der Waals surface area contributed by atoms with E-state index in [0.29, 0.717) is 5.69 Å². The molecule has 1 aliphatic heterocycles. The van der Waals surface area contributed by atoms with Gasteiger partial charge in [0.05, 0.1) is 11.6 Å². The first-order valence-electron chi connectivity index (χ1n) is 7.00. The van der Waals surface area contributed by atoms with Gasteiger partial charge in [-0.05, 0) is 50.6 Å². The maximum atomic E-state index is 12.3. The Hall–Kier alpha value is -1.88. The number of benzene rings is 1. The summed E-state index contributed by atoms with van der Waals surface area (Å²) in [5, 5.41) is 11.8. The van der Waals surface area contributed by atoms with Crippen molar-refractivity contribution in [2.24, 2.45) is 0 Å². The number of hydrogen-bond acceptors (Lipinski definition) is 3. The van der Waals surface area contributed by atoms with E-state index in [0.717, 1.165) is 32.4 Å². The van der Waals surface area contributed by atoms with Crippen LogP contribution in [-0.4, -0.2) is 41.0 Å². The van der Waals surface area contributed by atoms with Crippen molar-refractivity contribution < 1.29 is 14.7 Å². The van der Waals surface area contributed by atoms with E-state index in [4.69, 9.17) is 5.11 Å². The zero-order chi connectivity index (χ0) is 14.5. The van der Waals surface area contributed by atoms with Crippen LogP contribution in [0.25, 0.3) is 0 Å². The minimum atomic E-state index is -0.991. The van der Waals surface area contributed by atoms with Crippen LogP contribution in [0.15, 0.2) is 24.3 Å². The molecule has 5 heteroatoms. The van der Waals surface area contributed by atoms with Crippen LogP contribution in [0.4, 0.5) is 5.69 Å². The molecule has 1 fully saturated rings. The van der Waals surface area contributed by atoms with Crippen LogP contribution in [0.2, 0.25) is 0 Å². The Balaban J connectivity index is 2.04. The highest BCUT2D eigenvalue weighted by molar-refractivity contribution is 5.96. The molecular weight excluding hydrogens is 256 g/mol. The number of carbonyl (C=O) groups is 2. The number of aromatic carboxylic acids is 1. The van der Waals surface area contributed by atoms with Gasteiger partial charge in [-0.15, -0.1) is 0 Å². The summed E-state index contributed by atoms with van der Waals surface area (Å²) >= 11 is 0. The van der Waals surface area contributed by atoms with Gasteiger partial charge in [-0.3, -0.25) is 9.69 Å². The van der Waals surface area contributed by atoms with E-state index in [9.17, 15) is 9.59 Å². The number of carboxylic acid groups (broad SMARTS) is 1. The van der Waals surface area contributed by atoms with Crippen LogP contribution in [0.5, 0.6) is 0 Å². The summed E-state index contributed by atoms with van der Waals surface area (Å²) in [6.45, 7) is 3.98.